The van der Waals surface area contributed by atoms with Crippen LogP contribution in [-0.2, 0) is 6.54 Å². The molecule has 0 aromatic carbocycles. The van der Waals surface area contributed by atoms with Crippen molar-refractivity contribution in [3.63, 3.8) is 0 Å². The average Bonchev–Trinajstić information content (AvgIpc) is 2.71. The molecule has 2 aromatic rings. The lowest BCUT2D eigenvalue weighted by atomic mass is 10.3. The van der Waals surface area contributed by atoms with Crippen molar-refractivity contribution >= 4 is 16.5 Å². The fraction of sp³-hybridized carbons (Fsp3) is 0.250. The van der Waals surface area contributed by atoms with Gasteiger partial charge in [-0.1, -0.05) is 0 Å². The minimum Gasteiger partial charge on any atom is -0.375 e. The summed E-state index contributed by atoms with van der Waals surface area (Å²) in [5, 5.41) is 6.69. The lowest BCUT2D eigenvalue weighted by Crippen LogP contribution is -1.91. The van der Waals surface area contributed by atoms with Crippen LogP contribution in [0.15, 0.2) is 17.8 Å². The number of aryl methyl sites for hydroxylation is 1. The van der Waals surface area contributed by atoms with Gasteiger partial charge in [0.25, 0.3) is 0 Å². The van der Waals surface area contributed by atoms with Crippen molar-refractivity contribution in [2.45, 2.75) is 13.5 Å². The molecule has 0 aliphatic rings. The first kappa shape index (κ1) is 8.25. The van der Waals surface area contributed by atoms with Gasteiger partial charge in [-0.15, -0.1) is 11.3 Å². The van der Waals surface area contributed by atoms with Gasteiger partial charge in [0.1, 0.15) is 0 Å². The number of anilines is 1. The van der Waals surface area contributed by atoms with Gasteiger partial charge in [0.2, 0.25) is 0 Å². The van der Waals surface area contributed by atoms with Crippen molar-refractivity contribution in [2.24, 2.45) is 0 Å². The number of aromatic nitrogens is 3. The Balaban J connectivity index is 2.35. The molecule has 2 aromatic heterocycles. The third-order valence-corrected chi connectivity index (χ3v) is 2.45. The van der Waals surface area contributed by atoms with Gasteiger partial charge in [-0.25, -0.2) is 4.98 Å². The lowest BCUT2D eigenvalue weighted by Gasteiger charge is -1.90. The minimum atomic E-state index is 0.597. The predicted molar refractivity (Wildman–Crippen MR) is 53.4 cm³/mol. The molecule has 0 atom stereocenters. The molecule has 13 heavy (non-hydrogen) atoms. The van der Waals surface area contributed by atoms with Crippen LogP contribution in [0.5, 0.6) is 0 Å². The largest absolute Gasteiger partial charge is 0.375 e. The van der Waals surface area contributed by atoms with Gasteiger partial charge in [0.05, 0.1) is 11.9 Å². The van der Waals surface area contributed by atoms with Crippen LogP contribution in [0.25, 0.3) is 11.3 Å². The molecule has 0 radical (unpaired) electrons. The van der Waals surface area contributed by atoms with Crippen LogP contribution in [0.3, 0.4) is 0 Å². The molecule has 0 saturated heterocycles. The van der Waals surface area contributed by atoms with E-state index in [9.17, 15) is 0 Å². The number of thiazole rings is 1. The Labute approximate surface area is 80.0 Å². The molecule has 2 rings (SSSR count). The molecule has 0 fully saturated rings. The maximum Gasteiger partial charge on any atom is 0.180 e. The molecule has 0 unspecified atom stereocenters. The lowest BCUT2D eigenvalue weighted by molar-refractivity contribution is 0.660. The molecule has 0 amide bonds. The Morgan fingerprint density at radius 2 is 2.46 bits per heavy atom. The van der Waals surface area contributed by atoms with Crippen LogP contribution in [-0.4, -0.2) is 14.8 Å². The summed E-state index contributed by atoms with van der Waals surface area (Å²) in [6.45, 7) is 2.92. The molecule has 0 saturated carbocycles. The van der Waals surface area contributed by atoms with Crippen LogP contribution in [0.1, 0.15) is 6.92 Å². The second-order valence-corrected chi connectivity index (χ2v) is 3.55. The van der Waals surface area contributed by atoms with Crippen molar-refractivity contribution in [1.82, 2.24) is 14.8 Å². The van der Waals surface area contributed by atoms with Gasteiger partial charge in [-0.2, -0.15) is 5.10 Å². The Kier molecular flexibility index (Phi) is 2.02. The van der Waals surface area contributed by atoms with Crippen molar-refractivity contribution < 1.29 is 0 Å². The number of nitrogen functional groups attached to an aromatic ring is 1. The summed E-state index contributed by atoms with van der Waals surface area (Å²) in [6.07, 6.45) is 3.77. The minimum absolute atomic E-state index is 0.597. The summed E-state index contributed by atoms with van der Waals surface area (Å²) < 4.78 is 1.87. The van der Waals surface area contributed by atoms with Crippen molar-refractivity contribution in [3.8, 4) is 11.3 Å². The van der Waals surface area contributed by atoms with Crippen molar-refractivity contribution in [1.29, 1.82) is 0 Å². The highest BCUT2D eigenvalue weighted by Gasteiger charge is 2.04. The monoisotopic (exact) mass is 194 g/mol. The van der Waals surface area contributed by atoms with E-state index in [1.54, 1.807) is 6.20 Å². The fourth-order valence-corrected chi connectivity index (χ4v) is 1.66. The molecular formula is C8H10N4S. The van der Waals surface area contributed by atoms with Crippen molar-refractivity contribution in [3.05, 3.63) is 17.8 Å². The summed E-state index contributed by atoms with van der Waals surface area (Å²) in [6, 6.07) is 0. The van der Waals surface area contributed by atoms with E-state index >= 15 is 0 Å². The molecular weight excluding hydrogens is 184 g/mol. The van der Waals surface area contributed by atoms with E-state index in [1.165, 1.54) is 11.3 Å². The average molecular weight is 194 g/mol. The zero-order valence-corrected chi connectivity index (χ0v) is 8.08. The summed E-state index contributed by atoms with van der Waals surface area (Å²) in [4.78, 5) is 4.17. The molecule has 0 aliphatic heterocycles. The van der Waals surface area contributed by atoms with Gasteiger partial charge in [-0.05, 0) is 6.92 Å². The maximum atomic E-state index is 5.54. The molecule has 0 aliphatic carbocycles. The zero-order valence-electron chi connectivity index (χ0n) is 7.27. The van der Waals surface area contributed by atoms with Crippen LogP contribution in [0, 0.1) is 0 Å². The Morgan fingerprint density at radius 3 is 3.00 bits per heavy atom. The fourth-order valence-electron chi connectivity index (χ4n) is 1.09. The first-order valence-electron chi connectivity index (χ1n) is 4.03. The maximum absolute atomic E-state index is 5.54. The third kappa shape index (κ3) is 1.55. The van der Waals surface area contributed by atoms with Gasteiger partial charge < -0.3 is 5.73 Å². The topological polar surface area (TPSA) is 56.7 Å². The molecule has 0 spiro atoms. The molecule has 5 heteroatoms. The number of nitrogens with two attached hydrogens (primary N) is 1. The smallest absolute Gasteiger partial charge is 0.180 e. The van der Waals surface area contributed by atoms with Crippen molar-refractivity contribution in [2.75, 3.05) is 5.73 Å². The van der Waals surface area contributed by atoms with Gasteiger partial charge in [0.15, 0.2) is 5.13 Å². The number of hydrogen-bond donors (Lipinski definition) is 1. The number of nitrogens with zero attached hydrogens (tertiary/aromatic N) is 3. The number of hydrogen-bond acceptors (Lipinski definition) is 4. The summed E-state index contributed by atoms with van der Waals surface area (Å²) in [5.41, 5.74) is 7.46. The second kappa shape index (κ2) is 3.18. The third-order valence-electron chi connectivity index (χ3n) is 1.77. The summed E-state index contributed by atoms with van der Waals surface area (Å²) in [7, 11) is 0. The Morgan fingerprint density at radius 1 is 1.62 bits per heavy atom. The standard InChI is InChI=1S/C8H10N4S/c1-2-12-4-6(3-10-12)7-5-13-8(9)11-7/h3-5H,2H2,1H3,(H2,9,11). The molecule has 4 nitrogen and oxygen atoms in total. The molecule has 0 bridgehead atoms. The van der Waals surface area contributed by atoms with E-state index < -0.39 is 0 Å². The van der Waals surface area contributed by atoms with E-state index in [0.29, 0.717) is 5.13 Å². The highest BCUT2D eigenvalue weighted by atomic mass is 32.1. The first-order valence-corrected chi connectivity index (χ1v) is 4.91. The van der Waals surface area contributed by atoms with E-state index in [-0.39, 0.29) is 0 Å². The first-order chi connectivity index (χ1) is 6.29. The Hall–Kier alpha value is -1.36. The van der Waals surface area contributed by atoms with Gasteiger partial charge in [0, 0.05) is 23.7 Å². The summed E-state index contributed by atoms with van der Waals surface area (Å²) in [5.74, 6) is 0. The molecule has 2 heterocycles. The zero-order chi connectivity index (χ0) is 9.26. The van der Waals surface area contributed by atoms with Crippen LogP contribution >= 0.6 is 11.3 Å². The SMILES string of the molecule is CCn1cc(-c2csc(N)n2)cn1. The molecule has 68 valence electrons. The molecule has 2 N–H and O–H groups in total. The van der Waals surface area contributed by atoms with Crippen LogP contribution < -0.4 is 5.73 Å². The van der Waals surface area contributed by atoms with Crippen LogP contribution in [0.4, 0.5) is 5.13 Å². The van der Waals surface area contributed by atoms with E-state index in [0.717, 1.165) is 17.8 Å². The highest BCUT2D eigenvalue weighted by molar-refractivity contribution is 7.13. The quantitative estimate of drug-likeness (QED) is 0.790. The highest BCUT2D eigenvalue weighted by Crippen LogP contribution is 2.22. The van der Waals surface area contributed by atoms with E-state index in [1.807, 2.05) is 23.2 Å². The normalized spacial score (nSPS) is 10.5. The van der Waals surface area contributed by atoms with Gasteiger partial charge in [-0.3, -0.25) is 4.68 Å². The van der Waals surface area contributed by atoms with E-state index in [2.05, 4.69) is 10.1 Å². The Bertz CT molecular complexity index is 404. The van der Waals surface area contributed by atoms with Gasteiger partial charge >= 0.3 is 0 Å². The predicted octanol–water partition coefficient (Wildman–Crippen LogP) is 1.61. The second-order valence-electron chi connectivity index (χ2n) is 2.66. The van der Waals surface area contributed by atoms with Crippen LogP contribution in [0.2, 0.25) is 0 Å². The summed E-state index contributed by atoms with van der Waals surface area (Å²) >= 11 is 1.45. The number of rotatable bonds is 2. The van der Waals surface area contributed by atoms with E-state index in [4.69, 9.17) is 5.73 Å².